The molecule has 0 fully saturated rings. The monoisotopic (exact) mass is 425 g/mol. The molecular formula is C23H23NO5S. The molecular weight excluding hydrogens is 402 g/mol. The van der Waals surface area contributed by atoms with Gasteiger partial charge >= 0.3 is 0 Å². The Hall–Kier alpha value is -3.19. The molecule has 3 aromatic carbocycles. The summed E-state index contributed by atoms with van der Waals surface area (Å²) in [5.41, 5.74) is 2.44. The van der Waals surface area contributed by atoms with Gasteiger partial charge in [0.2, 0.25) is 0 Å². The van der Waals surface area contributed by atoms with E-state index >= 15 is 0 Å². The molecule has 1 heterocycles. The number of aryl methyl sites for hydroxylation is 1. The quantitative estimate of drug-likeness (QED) is 0.593. The fourth-order valence-electron chi connectivity index (χ4n) is 3.31. The molecule has 4 rings (SSSR count). The van der Waals surface area contributed by atoms with E-state index in [-0.39, 0.29) is 11.4 Å². The van der Waals surface area contributed by atoms with Crippen LogP contribution in [0.5, 0.6) is 17.2 Å². The van der Waals surface area contributed by atoms with Gasteiger partial charge in [0, 0.05) is 6.07 Å². The summed E-state index contributed by atoms with van der Waals surface area (Å²) in [7, 11) is -2.38. The number of benzene rings is 3. The van der Waals surface area contributed by atoms with Crippen molar-refractivity contribution < 1.29 is 22.6 Å². The van der Waals surface area contributed by atoms with Crippen LogP contribution in [-0.2, 0) is 16.6 Å². The predicted molar refractivity (Wildman–Crippen MR) is 115 cm³/mol. The van der Waals surface area contributed by atoms with E-state index in [9.17, 15) is 8.42 Å². The van der Waals surface area contributed by atoms with E-state index in [4.69, 9.17) is 14.2 Å². The summed E-state index contributed by atoms with van der Waals surface area (Å²) in [6.07, 6.45) is 0. The topological polar surface area (TPSA) is 65.1 Å². The molecule has 0 aliphatic carbocycles. The molecule has 3 aromatic rings. The smallest absolute Gasteiger partial charge is 0.264 e. The van der Waals surface area contributed by atoms with Crippen LogP contribution in [0, 0.1) is 6.92 Å². The zero-order valence-corrected chi connectivity index (χ0v) is 17.7. The molecule has 156 valence electrons. The standard InChI is InChI=1S/C23H23NO5S/c1-17-7-9-18(10-8-17)16-24(20-5-3-4-6-21(20)27-2)30(25,26)19-11-12-22-23(15-19)29-14-13-28-22/h3-12,15H,13-14,16H2,1-2H3. The molecule has 0 atom stereocenters. The number of fused-ring (bicyclic) bond motifs is 1. The highest BCUT2D eigenvalue weighted by Gasteiger charge is 2.29. The number of rotatable bonds is 6. The van der Waals surface area contributed by atoms with Crippen LogP contribution in [0.15, 0.2) is 71.6 Å². The summed E-state index contributed by atoms with van der Waals surface area (Å²) < 4.78 is 45.4. The first kappa shape index (κ1) is 20.1. The third kappa shape index (κ3) is 3.93. The van der Waals surface area contributed by atoms with E-state index in [2.05, 4.69) is 0 Å². The fourth-order valence-corrected chi connectivity index (χ4v) is 4.79. The van der Waals surface area contributed by atoms with Gasteiger partial charge in [-0.3, -0.25) is 4.31 Å². The Labute approximate surface area is 176 Å². The van der Waals surface area contributed by atoms with Crippen molar-refractivity contribution in [3.05, 3.63) is 77.9 Å². The van der Waals surface area contributed by atoms with Gasteiger partial charge in [-0.25, -0.2) is 8.42 Å². The van der Waals surface area contributed by atoms with E-state index in [0.717, 1.165) is 11.1 Å². The van der Waals surface area contributed by atoms with E-state index in [1.54, 1.807) is 30.3 Å². The Balaban J connectivity index is 1.80. The number of methoxy groups -OCH3 is 1. The number of ether oxygens (including phenoxy) is 3. The highest BCUT2D eigenvalue weighted by Crippen LogP contribution is 2.37. The first-order valence-corrected chi connectivity index (χ1v) is 11.0. The summed E-state index contributed by atoms with van der Waals surface area (Å²) >= 11 is 0. The predicted octanol–water partition coefficient (Wildman–Crippen LogP) is 4.17. The fraction of sp³-hybridized carbons (Fsp3) is 0.217. The Morgan fingerprint density at radius 1 is 0.933 bits per heavy atom. The number of para-hydroxylation sites is 2. The third-order valence-corrected chi connectivity index (χ3v) is 6.66. The van der Waals surface area contributed by atoms with Crippen molar-refractivity contribution in [2.75, 3.05) is 24.6 Å². The van der Waals surface area contributed by atoms with Gasteiger partial charge in [-0.15, -0.1) is 0 Å². The van der Waals surface area contributed by atoms with Crippen LogP contribution >= 0.6 is 0 Å². The highest BCUT2D eigenvalue weighted by molar-refractivity contribution is 7.92. The Kier molecular flexibility index (Phi) is 5.55. The summed E-state index contributed by atoms with van der Waals surface area (Å²) in [4.78, 5) is 0.129. The average molecular weight is 426 g/mol. The Bertz CT molecular complexity index is 1140. The molecule has 0 N–H and O–H groups in total. The van der Waals surface area contributed by atoms with Crippen LogP contribution in [0.25, 0.3) is 0 Å². The number of sulfonamides is 1. The van der Waals surface area contributed by atoms with Crippen LogP contribution in [0.3, 0.4) is 0 Å². The molecule has 7 heteroatoms. The van der Waals surface area contributed by atoms with E-state index in [0.29, 0.717) is 36.1 Å². The second-order valence-corrected chi connectivity index (χ2v) is 8.84. The molecule has 6 nitrogen and oxygen atoms in total. The lowest BCUT2D eigenvalue weighted by atomic mass is 10.1. The zero-order valence-electron chi connectivity index (χ0n) is 16.9. The minimum absolute atomic E-state index is 0.129. The van der Waals surface area contributed by atoms with Crippen LogP contribution in [0.2, 0.25) is 0 Å². The van der Waals surface area contributed by atoms with Crippen molar-refractivity contribution in [3.8, 4) is 17.2 Å². The van der Waals surface area contributed by atoms with Gasteiger partial charge in [-0.05, 0) is 36.8 Å². The van der Waals surface area contributed by atoms with Crippen LogP contribution in [0.1, 0.15) is 11.1 Å². The number of nitrogens with zero attached hydrogens (tertiary/aromatic N) is 1. The molecule has 0 saturated carbocycles. The molecule has 0 spiro atoms. The van der Waals surface area contributed by atoms with Gasteiger partial charge in [0.25, 0.3) is 10.0 Å². The van der Waals surface area contributed by atoms with E-state index in [1.165, 1.54) is 17.5 Å². The summed E-state index contributed by atoms with van der Waals surface area (Å²) in [6.45, 7) is 2.99. The van der Waals surface area contributed by atoms with Crippen LogP contribution < -0.4 is 18.5 Å². The molecule has 30 heavy (non-hydrogen) atoms. The van der Waals surface area contributed by atoms with Crippen molar-refractivity contribution in [2.24, 2.45) is 0 Å². The van der Waals surface area contributed by atoms with Crippen LogP contribution in [-0.4, -0.2) is 28.7 Å². The first-order chi connectivity index (χ1) is 14.5. The van der Waals surface area contributed by atoms with Gasteiger partial charge in [0.15, 0.2) is 11.5 Å². The van der Waals surface area contributed by atoms with E-state index in [1.807, 2.05) is 37.3 Å². The molecule has 0 saturated heterocycles. The first-order valence-electron chi connectivity index (χ1n) is 9.60. The molecule has 1 aliphatic heterocycles. The minimum Gasteiger partial charge on any atom is -0.495 e. The van der Waals surface area contributed by atoms with Crippen molar-refractivity contribution in [1.29, 1.82) is 0 Å². The molecule has 0 amide bonds. The second-order valence-electron chi connectivity index (χ2n) is 6.97. The molecule has 1 aliphatic rings. The van der Waals surface area contributed by atoms with Gasteiger partial charge < -0.3 is 14.2 Å². The molecule has 0 aromatic heterocycles. The average Bonchev–Trinajstić information content (AvgIpc) is 2.78. The third-order valence-electron chi connectivity index (χ3n) is 4.90. The maximum atomic E-state index is 13.7. The van der Waals surface area contributed by atoms with Gasteiger partial charge in [0.05, 0.1) is 24.2 Å². The second kappa shape index (κ2) is 8.28. The molecule has 0 bridgehead atoms. The maximum absolute atomic E-state index is 13.7. The van der Waals surface area contributed by atoms with Crippen molar-refractivity contribution in [1.82, 2.24) is 0 Å². The number of hydrogen-bond donors (Lipinski definition) is 0. The number of anilines is 1. The zero-order chi connectivity index (χ0) is 21.1. The normalized spacial score (nSPS) is 13.0. The van der Waals surface area contributed by atoms with Gasteiger partial charge in [0.1, 0.15) is 19.0 Å². The Morgan fingerprint density at radius 3 is 2.37 bits per heavy atom. The Morgan fingerprint density at radius 2 is 1.63 bits per heavy atom. The minimum atomic E-state index is -3.91. The summed E-state index contributed by atoms with van der Waals surface area (Å²) in [5, 5.41) is 0. The largest absolute Gasteiger partial charge is 0.495 e. The van der Waals surface area contributed by atoms with E-state index < -0.39 is 10.0 Å². The number of hydrogen-bond acceptors (Lipinski definition) is 5. The lowest BCUT2D eigenvalue weighted by molar-refractivity contribution is 0.171. The van der Waals surface area contributed by atoms with Crippen molar-refractivity contribution in [2.45, 2.75) is 18.4 Å². The summed E-state index contributed by atoms with van der Waals surface area (Å²) in [5.74, 6) is 1.45. The van der Waals surface area contributed by atoms with Gasteiger partial charge in [-0.2, -0.15) is 0 Å². The molecule has 0 radical (unpaired) electrons. The summed E-state index contributed by atoms with van der Waals surface area (Å²) in [6, 6.07) is 19.6. The van der Waals surface area contributed by atoms with Crippen molar-refractivity contribution in [3.63, 3.8) is 0 Å². The highest BCUT2D eigenvalue weighted by atomic mass is 32.2. The van der Waals surface area contributed by atoms with Crippen molar-refractivity contribution >= 4 is 15.7 Å². The van der Waals surface area contributed by atoms with Crippen LogP contribution in [0.4, 0.5) is 5.69 Å². The lowest BCUT2D eigenvalue weighted by Gasteiger charge is -2.27. The van der Waals surface area contributed by atoms with Gasteiger partial charge in [-0.1, -0.05) is 42.0 Å². The lowest BCUT2D eigenvalue weighted by Crippen LogP contribution is -2.31. The molecule has 0 unspecified atom stereocenters. The maximum Gasteiger partial charge on any atom is 0.264 e. The SMILES string of the molecule is COc1ccccc1N(Cc1ccc(C)cc1)S(=O)(=O)c1ccc2c(c1)OCCO2.